The predicted molar refractivity (Wildman–Crippen MR) is 59.5 cm³/mol. The van der Waals surface area contributed by atoms with E-state index in [0.29, 0.717) is 10.9 Å². The zero-order chi connectivity index (χ0) is 11.7. The van der Waals surface area contributed by atoms with E-state index in [2.05, 4.69) is 15.5 Å². The lowest BCUT2D eigenvalue weighted by Gasteiger charge is -2.04. The monoisotopic (exact) mass is 221 g/mol. The third-order valence-electron chi connectivity index (χ3n) is 2.30. The fraction of sp³-hybridized carbons (Fsp3) is 0.273. The molecule has 0 aliphatic carbocycles. The first-order valence-electron chi connectivity index (χ1n) is 5.03. The SMILES string of the molecule is CC(C)C(=O)Nc1n[nH]c2cccc(F)c12. The first-order valence-corrected chi connectivity index (χ1v) is 5.03. The first kappa shape index (κ1) is 10.6. The smallest absolute Gasteiger partial charge is 0.228 e. The normalized spacial score (nSPS) is 11.0. The topological polar surface area (TPSA) is 57.8 Å². The number of nitrogens with one attached hydrogen (secondary N) is 2. The maximum absolute atomic E-state index is 13.5. The number of benzene rings is 1. The first-order chi connectivity index (χ1) is 7.59. The number of rotatable bonds is 2. The van der Waals surface area contributed by atoms with E-state index < -0.39 is 5.82 Å². The minimum absolute atomic E-state index is 0.168. The number of anilines is 1. The number of fused-ring (bicyclic) bond motifs is 1. The molecule has 0 fully saturated rings. The van der Waals surface area contributed by atoms with Gasteiger partial charge < -0.3 is 5.32 Å². The average molecular weight is 221 g/mol. The molecule has 84 valence electrons. The maximum Gasteiger partial charge on any atom is 0.228 e. The van der Waals surface area contributed by atoms with Gasteiger partial charge in [-0.3, -0.25) is 9.89 Å². The van der Waals surface area contributed by atoms with Gasteiger partial charge in [-0.1, -0.05) is 19.9 Å². The number of nitrogens with zero attached hydrogens (tertiary/aromatic N) is 1. The highest BCUT2D eigenvalue weighted by Gasteiger charge is 2.14. The van der Waals surface area contributed by atoms with Crippen molar-refractivity contribution in [1.29, 1.82) is 0 Å². The van der Waals surface area contributed by atoms with Crippen molar-refractivity contribution in [2.45, 2.75) is 13.8 Å². The molecule has 2 N–H and O–H groups in total. The van der Waals surface area contributed by atoms with Crippen molar-refractivity contribution >= 4 is 22.6 Å². The van der Waals surface area contributed by atoms with Crippen LogP contribution in [0.3, 0.4) is 0 Å². The Balaban J connectivity index is 2.42. The number of hydrogen-bond donors (Lipinski definition) is 2. The second-order valence-corrected chi connectivity index (χ2v) is 3.88. The average Bonchev–Trinajstić information content (AvgIpc) is 2.63. The van der Waals surface area contributed by atoms with Gasteiger partial charge in [0.2, 0.25) is 5.91 Å². The summed E-state index contributed by atoms with van der Waals surface area (Å²) in [6, 6.07) is 4.63. The molecule has 1 amide bonds. The summed E-state index contributed by atoms with van der Waals surface area (Å²) in [4.78, 5) is 11.5. The summed E-state index contributed by atoms with van der Waals surface area (Å²) in [5.41, 5.74) is 0.569. The van der Waals surface area contributed by atoms with E-state index in [4.69, 9.17) is 0 Å². The third-order valence-corrected chi connectivity index (χ3v) is 2.30. The van der Waals surface area contributed by atoms with E-state index in [1.807, 2.05) is 0 Å². The molecule has 0 aliphatic rings. The number of amides is 1. The van der Waals surface area contributed by atoms with Gasteiger partial charge in [0, 0.05) is 5.92 Å². The summed E-state index contributed by atoms with van der Waals surface area (Å²) in [5.74, 6) is -0.507. The van der Waals surface area contributed by atoms with E-state index in [1.54, 1.807) is 26.0 Å². The quantitative estimate of drug-likeness (QED) is 0.817. The number of H-pyrrole nitrogens is 1. The van der Waals surface area contributed by atoms with Crippen molar-refractivity contribution in [3.05, 3.63) is 24.0 Å². The van der Waals surface area contributed by atoms with Crippen LogP contribution in [0, 0.1) is 11.7 Å². The van der Waals surface area contributed by atoms with Gasteiger partial charge in [0.15, 0.2) is 5.82 Å². The van der Waals surface area contributed by atoms with Gasteiger partial charge >= 0.3 is 0 Å². The van der Waals surface area contributed by atoms with Crippen LogP contribution in [-0.4, -0.2) is 16.1 Å². The second kappa shape index (κ2) is 3.92. The highest BCUT2D eigenvalue weighted by atomic mass is 19.1. The number of halogens is 1. The Labute approximate surface area is 91.8 Å². The summed E-state index contributed by atoms with van der Waals surface area (Å²) in [6.45, 7) is 3.53. The summed E-state index contributed by atoms with van der Waals surface area (Å²) >= 11 is 0. The molecule has 0 saturated heterocycles. The zero-order valence-electron chi connectivity index (χ0n) is 9.04. The molecule has 2 rings (SSSR count). The Morgan fingerprint density at radius 2 is 2.25 bits per heavy atom. The Morgan fingerprint density at radius 3 is 2.94 bits per heavy atom. The molecule has 0 aliphatic heterocycles. The highest BCUT2D eigenvalue weighted by Crippen LogP contribution is 2.23. The number of carbonyl (C=O) groups excluding carboxylic acids is 1. The molecule has 5 heteroatoms. The molecule has 4 nitrogen and oxygen atoms in total. The van der Waals surface area contributed by atoms with E-state index in [9.17, 15) is 9.18 Å². The van der Waals surface area contributed by atoms with Crippen molar-refractivity contribution < 1.29 is 9.18 Å². The van der Waals surface area contributed by atoms with Gasteiger partial charge in [-0.05, 0) is 12.1 Å². The van der Waals surface area contributed by atoms with E-state index in [1.165, 1.54) is 6.07 Å². The largest absolute Gasteiger partial charge is 0.308 e. The fourth-order valence-electron chi connectivity index (χ4n) is 1.38. The Morgan fingerprint density at radius 1 is 1.50 bits per heavy atom. The van der Waals surface area contributed by atoms with Gasteiger partial charge in [0.25, 0.3) is 0 Å². The molecule has 1 heterocycles. The van der Waals surface area contributed by atoms with Gasteiger partial charge in [0.05, 0.1) is 10.9 Å². The number of hydrogen-bond acceptors (Lipinski definition) is 2. The zero-order valence-corrected chi connectivity index (χ0v) is 9.04. The van der Waals surface area contributed by atoms with Crippen molar-refractivity contribution in [1.82, 2.24) is 10.2 Å². The van der Waals surface area contributed by atoms with Gasteiger partial charge in [0.1, 0.15) is 5.82 Å². The molecule has 1 aromatic heterocycles. The molecule has 2 aromatic rings. The molecule has 0 spiro atoms. The van der Waals surface area contributed by atoms with Crippen LogP contribution in [-0.2, 0) is 4.79 Å². The summed E-state index contributed by atoms with van der Waals surface area (Å²) in [7, 11) is 0. The Kier molecular flexibility index (Phi) is 2.60. The lowest BCUT2D eigenvalue weighted by Crippen LogP contribution is -2.18. The van der Waals surface area contributed by atoms with E-state index in [-0.39, 0.29) is 17.6 Å². The summed E-state index contributed by atoms with van der Waals surface area (Å²) in [5, 5.41) is 9.45. The molecule has 1 aromatic carbocycles. The number of aromatic amines is 1. The highest BCUT2D eigenvalue weighted by molar-refractivity contribution is 6.00. The van der Waals surface area contributed by atoms with Gasteiger partial charge in [-0.15, -0.1) is 0 Å². The van der Waals surface area contributed by atoms with Crippen LogP contribution >= 0.6 is 0 Å². The molecule has 16 heavy (non-hydrogen) atoms. The number of carbonyl (C=O) groups is 1. The summed E-state index contributed by atoms with van der Waals surface area (Å²) < 4.78 is 13.5. The fourth-order valence-corrected chi connectivity index (χ4v) is 1.38. The minimum Gasteiger partial charge on any atom is -0.308 e. The lowest BCUT2D eigenvalue weighted by atomic mass is 10.2. The molecular formula is C11H12FN3O. The van der Waals surface area contributed by atoms with Crippen LogP contribution in [0.1, 0.15) is 13.8 Å². The van der Waals surface area contributed by atoms with Crippen LogP contribution in [0.25, 0.3) is 10.9 Å². The van der Waals surface area contributed by atoms with Gasteiger partial charge in [-0.2, -0.15) is 5.10 Å². The predicted octanol–water partition coefficient (Wildman–Crippen LogP) is 2.30. The second-order valence-electron chi connectivity index (χ2n) is 3.88. The molecular weight excluding hydrogens is 209 g/mol. The molecule has 0 atom stereocenters. The Hall–Kier alpha value is -1.91. The van der Waals surface area contributed by atoms with Crippen LogP contribution in [0.15, 0.2) is 18.2 Å². The van der Waals surface area contributed by atoms with Crippen LogP contribution in [0.5, 0.6) is 0 Å². The van der Waals surface area contributed by atoms with Crippen molar-refractivity contribution in [3.63, 3.8) is 0 Å². The van der Waals surface area contributed by atoms with Crippen molar-refractivity contribution in [2.24, 2.45) is 5.92 Å². The third kappa shape index (κ3) is 1.76. The molecule has 0 unspecified atom stereocenters. The molecule has 0 radical (unpaired) electrons. The molecule has 0 bridgehead atoms. The van der Waals surface area contributed by atoms with E-state index >= 15 is 0 Å². The lowest BCUT2D eigenvalue weighted by molar-refractivity contribution is -0.118. The maximum atomic E-state index is 13.5. The Bertz CT molecular complexity index is 533. The minimum atomic E-state index is -0.398. The molecule has 0 saturated carbocycles. The van der Waals surface area contributed by atoms with E-state index in [0.717, 1.165) is 0 Å². The van der Waals surface area contributed by atoms with Gasteiger partial charge in [-0.25, -0.2) is 4.39 Å². The van der Waals surface area contributed by atoms with Crippen molar-refractivity contribution in [3.8, 4) is 0 Å². The van der Waals surface area contributed by atoms with Crippen molar-refractivity contribution in [2.75, 3.05) is 5.32 Å². The van der Waals surface area contributed by atoms with Crippen LogP contribution < -0.4 is 5.32 Å². The van der Waals surface area contributed by atoms with Crippen LogP contribution in [0.4, 0.5) is 10.2 Å². The van der Waals surface area contributed by atoms with Crippen LogP contribution in [0.2, 0.25) is 0 Å². The standard InChI is InChI=1S/C11H12FN3O/c1-6(2)11(16)13-10-9-7(12)4-3-5-8(9)14-15-10/h3-6H,1-2H3,(H2,13,14,15,16). The summed E-state index contributed by atoms with van der Waals surface area (Å²) in [6.07, 6.45) is 0. The number of aromatic nitrogens is 2.